The number of aryl methyl sites for hydroxylation is 1. The van der Waals surface area contributed by atoms with Crippen LogP contribution in [-0.4, -0.2) is 25.1 Å². The van der Waals surface area contributed by atoms with Crippen molar-refractivity contribution in [2.24, 2.45) is 0 Å². The lowest BCUT2D eigenvalue weighted by atomic mass is 10.2. The van der Waals surface area contributed by atoms with Gasteiger partial charge in [-0.3, -0.25) is 4.98 Å². The van der Waals surface area contributed by atoms with Gasteiger partial charge in [-0.1, -0.05) is 24.3 Å². The molecule has 0 aliphatic rings. The van der Waals surface area contributed by atoms with Crippen LogP contribution in [0.4, 0.5) is 5.69 Å². The number of likely N-dealkylation sites (N-methyl/N-ethyl adjacent to an activating group) is 1. The number of benzene rings is 1. The Hall–Kier alpha value is -1.87. The molecule has 1 aromatic carbocycles. The predicted molar refractivity (Wildman–Crippen MR) is 80.4 cm³/mol. The first-order valence-electron chi connectivity index (χ1n) is 6.65. The van der Waals surface area contributed by atoms with Gasteiger partial charge < -0.3 is 10.2 Å². The molecule has 19 heavy (non-hydrogen) atoms. The molecule has 0 radical (unpaired) electrons. The molecule has 0 unspecified atom stereocenters. The van der Waals surface area contributed by atoms with Gasteiger partial charge in [-0.2, -0.15) is 0 Å². The summed E-state index contributed by atoms with van der Waals surface area (Å²) < 4.78 is 0. The van der Waals surface area contributed by atoms with Gasteiger partial charge in [0.2, 0.25) is 0 Å². The lowest BCUT2D eigenvalue weighted by molar-refractivity contribution is 0.668. The molecule has 0 aliphatic carbocycles. The van der Waals surface area contributed by atoms with Gasteiger partial charge in [0, 0.05) is 38.6 Å². The molecule has 1 N–H and O–H groups in total. The lowest BCUT2D eigenvalue weighted by Crippen LogP contribution is -2.29. The number of anilines is 1. The van der Waals surface area contributed by atoms with E-state index in [0.717, 1.165) is 25.3 Å². The summed E-state index contributed by atoms with van der Waals surface area (Å²) in [7, 11) is 2.13. The zero-order chi connectivity index (χ0) is 13.5. The van der Waals surface area contributed by atoms with Crippen LogP contribution in [0, 0.1) is 6.92 Å². The molecule has 0 amide bonds. The van der Waals surface area contributed by atoms with Gasteiger partial charge in [-0.05, 0) is 30.7 Å². The first-order valence-corrected chi connectivity index (χ1v) is 6.65. The summed E-state index contributed by atoms with van der Waals surface area (Å²) in [5.41, 5.74) is 3.69. The fourth-order valence-electron chi connectivity index (χ4n) is 2.08. The minimum absolute atomic E-state index is 0.822. The Balaban J connectivity index is 1.76. The second kappa shape index (κ2) is 6.90. The van der Waals surface area contributed by atoms with E-state index < -0.39 is 0 Å². The maximum Gasteiger partial charge on any atom is 0.0541 e. The van der Waals surface area contributed by atoms with E-state index in [1.807, 2.05) is 24.4 Å². The predicted octanol–water partition coefficient (Wildman–Crippen LogP) is 2.62. The standard InChI is InChI=1S/C16H21N3/c1-14-7-3-4-9-16(14)19(2)12-11-17-13-15-8-5-6-10-18-15/h3-10,17H,11-13H2,1-2H3. The average molecular weight is 255 g/mol. The fourth-order valence-corrected chi connectivity index (χ4v) is 2.08. The largest absolute Gasteiger partial charge is 0.373 e. The molecule has 0 fully saturated rings. The van der Waals surface area contributed by atoms with E-state index in [2.05, 4.69) is 53.4 Å². The Morgan fingerprint density at radius 2 is 1.89 bits per heavy atom. The maximum absolute atomic E-state index is 4.29. The fraction of sp³-hybridized carbons (Fsp3) is 0.312. The summed E-state index contributed by atoms with van der Waals surface area (Å²) in [6.07, 6.45) is 1.83. The van der Waals surface area contributed by atoms with Crippen molar-refractivity contribution in [2.45, 2.75) is 13.5 Å². The third-order valence-corrected chi connectivity index (χ3v) is 3.18. The summed E-state index contributed by atoms with van der Waals surface area (Å²) in [6.45, 7) is 4.90. The highest BCUT2D eigenvalue weighted by atomic mass is 15.1. The van der Waals surface area contributed by atoms with Crippen molar-refractivity contribution in [1.82, 2.24) is 10.3 Å². The van der Waals surface area contributed by atoms with Crippen LogP contribution in [0.5, 0.6) is 0 Å². The zero-order valence-corrected chi connectivity index (χ0v) is 11.6. The smallest absolute Gasteiger partial charge is 0.0541 e. The Morgan fingerprint density at radius 3 is 2.63 bits per heavy atom. The van der Waals surface area contributed by atoms with E-state index in [-0.39, 0.29) is 0 Å². The molecule has 0 bridgehead atoms. The normalized spacial score (nSPS) is 10.4. The Labute approximate surface area is 115 Å². The van der Waals surface area contributed by atoms with Crippen molar-refractivity contribution >= 4 is 5.69 Å². The van der Waals surface area contributed by atoms with Gasteiger partial charge in [-0.25, -0.2) is 0 Å². The van der Waals surface area contributed by atoms with Crippen molar-refractivity contribution < 1.29 is 0 Å². The summed E-state index contributed by atoms with van der Waals surface area (Å²) in [5, 5.41) is 3.42. The first-order chi connectivity index (χ1) is 9.27. The summed E-state index contributed by atoms with van der Waals surface area (Å²) >= 11 is 0. The first kappa shape index (κ1) is 13.6. The molecule has 2 rings (SSSR count). The van der Waals surface area contributed by atoms with Crippen LogP contribution >= 0.6 is 0 Å². The lowest BCUT2D eigenvalue weighted by Gasteiger charge is -2.21. The molecule has 1 aromatic heterocycles. The zero-order valence-electron chi connectivity index (χ0n) is 11.6. The van der Waals surface area contributed by atoms with Crippen LogP contribution in [0.15, 0.2) is 48.7 Å². The van der Waals surface area contributed by atoms with E-state index in [4.69, 9.17) is 0 Å². The highest BCUT2D eigenvalue weighted by Crippen LogP contribution is 2.16. The van der Waals surface area contributed by atoms with E-state index in [9.17, 15) is 0 Å². The minimum atomic E-state index is 0.822. The molecule has 1 heterocycles. The molecule has 0 aliphatic heterocycles. The highest BCUT2D eigenvalue weighted by molar-refractivity contribution is 5.52. The number of hydrogen-bond acceptors (Lipinski definition) is 3. The number of para-hydroxylation sites is 1. The third-order valence-electron chi connectivity index (χ3n) is 3.18. The Kier molecular flexibility index (Phi) is 4.93. The molecule has 0 saturated carbocycles. The van der Waals surface area contributed by atoms with Crippen molar-refractivity contribution in [1.29, 1.82) is 0 Å². The van der Waals surface area contributed by atoms with Gasteiger partial charge in [0.05, 0.1) is 5.69 Å². The minimum Gasteiger partial charge on any atom is -0.373 e. The Bertz CT molecular complexity index is 496. The molecular weight excluding hydrogens is 234 g/mol. The number of pyridine rings is 1. The maximum atomic E-state index is 4.29. The molecule has 2 aromatic rings. The van der Waals surface area contributed by atoms with E-state index in [1.54, 1.807) is 0 Å². The number of hydrogen-bond donors (Lipinski definition) is 1. The Morgan fingerprint density at radius 1 is 1.11 bits per heavy atom. The van der Waals surface area contributed by atoms with Gasteiger partial charge in [0.15, 0.2) is 0 Å². The highest BCUT2D eigenvalue weighted by Gasteiger charge is 2.02. The topological polar surface area (TPSA) is 28.2 Å². The molecule has 100 valence electrons. The number of nitrogens with zero attached hydrogens (tertiary/aromatic N) is 2. The van der Waals surface area contributed by atoms with E-state index in [0.29, 0.717) is 0 Å². The summed E-state index contributed by atoms with van der Waals surface area (Å²) in [5.74, 6) is 0. The van der Waals surface area contributed by atoms with Crippen LogP contribution in [0.2, 0.25) is 0 Å². The molecule has 0 saturated heterocycles. The SMILES string of the molecule is Cc1ccccc1N(C)CCNCc1ccccn1. The van der Waals surface area contributed by atoms with Crippen molar-refractivity contribution in [3.05, 3.63) is 59.9 Å². The quantitative estimate of drug-likeness (QED) is 0.804. The second-order valence-corrected chi connectivity index (χ2v) is 4.71. The third kappa shape index (κ3) is 4.07. The van der Waals surface area contributed by atoms with E-state index in [1.165, 1.54) is 11.3 Å². The van der Waals surface area contributed by atoms with Crippen LogP contribution in [0.1, 0.15) is 11.3 Å². The van der Waals surface area contributed by atoms with Gasteiger partial charge in [-0.15, -0.1) is 0 Å². The number of rotatable bonds is 6. The van der Waals surface area contributed by atoms with E-state index >= 15 is 0 Å². The van der Waals surface area contributed by atoms with Crippen LogP contribution in [0.25, 0.3) is 0 Å². The van der Waals surface area contributed by atoms with Crippen molar-refractivity contribution in [2.75, 3.05) is 25.0 Å². The number of nitrogens with one attached hydrogen (secondary N) is 1. The second-order valence-electron chi connectivity index (χ2n) is 4.71. The van der Waals surface area contributed by atoms with Crippen molar-refractivity contribution in [3.63, 3.8) is 0 Å². The number of aromatic nitrogens is 1. The summed E-state index contributed by atoms with van der Waals surface area (Å²) in [4.78, 5) is 6.57. The average Bonchev–Trinajstić information content (AvgIpc) is 2.45. The molecule has 3 heteroatoms. The summed E-state index contributed by atoms with van der Waals surface area (Å²) in [6, 6.07) is 14.5. The molecular formula is C16H21N3. The van der Waals surface area contributed by atoms with Crippen LogP contribution in [-0.2, 0) is 6.54 Å². The van der Waals surface area contributed by atoms with Crippen molar-refractivity contribution in [3.8, 4) is 0 Å². The van der Waals surface area contributed by atoms with Gasteiger partial charge in [0.1, 0.15) is 0 Å². The van der Waals surface area contributed by atoms with Gasteiger partial charge in [0.25, 0.3) is 0 Å². The monoisotopic (exact) mass is 255 g/mol. The molecule has 0 atom stereocenters. The molecule has 3 nitrogen and oxygen atoms in total. The molecule has 0 spiro atoms. The van der Waals surface area contributed by atoms with Crippen LogP contribution in [0.3, 0.4) is 0 Å². The van der Waals surface area contributed by atoms with Gasteiger partial charge >= 0.3 is 0 Å². The van der Waals surface area contributed by atoms with Crippen LogP contribution < -0.4 is 10.2 Å².